The molecule has 142 valence electrons. The number of methoxy groups -OCH3 is 1. The fourth-order valence-corrected chi connectivity index (χ4v) is 3.56. The summed E-state index contributed by atoms with van der Waals surface area (Å²) in [4.78, 5) is 11.5. The highest BCUT2D eigenvalue weighted by Gasteiger charge is 2.39. The van der Waals surface area contributed by atoms with E-state index in [4.69, 9.17) is 4.74 Å². The summed E-state index contributed by atoms with van der Waals surface area (Å²) in [5.74, 6) is 1.99. The molecule has 1 aliphatic carbocycles. The first-order chi connectivity index (χ1) is 13.7. The predicted octanol–water partition coefficient (Wildman–Crippen LogP) is 5.72. The third kappa shape index (κ3) is 4.17. The zero-order valence-electron chi connectivity index (χ0n) is 15.8. The van der Waals surface area contributed by atoms with Crippen LogP contribution < -0.4 is 10.1 Å². The van der Waals surface area contributed by atoms with Crippen LogP contribution in [0.2, 0.25) is 0 Å². The Hall–Kier alpha value is -3.27. The van der Waals surface area contributed by atoms with Gasteiger partial charge in [0, 0.05) is 5.56 Å². The van der Waals surface area contributed by atoms with E-state index in [9.17, 15) is 4.79 Å². The number of hydrogen-bond donors (Lipinski definition) is 1. The van der Waals surface area contributed by atoms with Gasteiger partial charge in [-0.1, -0.05) is 60.7 Å². The monoisotopic (exact) mass is 373 g/mol. The largest absolute Gasteiger partial charge is 0.489 e. The number of rotatable bonds is 6. The van der Waals surface area contributed by atoms with E-state index in [-0.39, 0.29) is 0 Å². The minimum atomic E-state index is -0.491. The van der Waals surface area contributed by atoms with Crippen molar-refractivity contribution in [2.75, 3.05) is 12.4 Å². The van der Waals surface area contributed by atoms with Gasteiger partial charge in [0.1, 0.15) is 12.4 Å². The van der Waals surface area contributed by atoms with E-state index in [1.54, 1.807) is 0 Å². The van der Waals surface area contributed by atoms with Gasteiger partial charge in [-0.15, -0.1) is 0 Å². The van der Waals surface area contributed by atoms with Gasteiger partial charge in [0.05, 0.1) is 12.8 Å². The fourth-order valence-electron chi connectivity index (χ4n) is 3.56. The Morgan fingerprint density at radius 2 is 1.64 bits per heavy atom. The fraction of sp³-hybridized carbons (Fsp3) is 0.208. The summed E-state index contributed by atoms with van der Waals surface area (Å²) in [6.07, 6.45) is 0.689. The highest BCUT2D eigenvalue weighted by Crippen LogP contribution is 2.54. The predicted molar refractivity (Wildman–Crippen MR) is 110 cm³/mol. The van der Waals surface area contributed by atoms with E-state index in [1.165, 1.54) is 24.7 Å². The summed E-state index contributed by atoms with van der Waals surface area (Å²) in [5, 5.41) is 2.72. The molecule has 1 amide bonds. The molecular formula is C24H23NO3. The van der Waals surface area contributed by atoms with Crippen molar-refractivity contribution in [3.63, 3.8) is 0 Å². The number of amides is 1. The minimum absolute atomic E-state index is 0.371. The van der Waals surface area contributed by atoms with Crippen molar-refractivity contribution >= 4 is 11.8 Å². The summed E-state index contributed by atoms with van der Waals surface area (Å²) < 4.78 is 10.7. The molecule has 4 nitrogen and oxygen atoms in total. The second kappa shape index (κ2) is 8.17. The zero-order valence-corrected chi connectivity index (χ0v) is 15.8. The van der Waals surface area contributed by atoms with Gasteiger partial charge in [0.25, 0.3) is 0 Å². The van der Waals surface area contributed by atoms with Crippen LogP contribution in [0.3, 0.4) is 0 Å². The average molecular weight is 373 g/mol. The Bertz CT molecular complexity index is 955. The smallest absolute Gasteiger partial charge is 0.411 e. The molecule has 1 saturated carbocycles. The van der Waals surface area contributed by atoms with Crippen molar-refractivity contribution in [3.8, 4) is 5.75 Å². The van der Waals surface area contributed by atoms with Crippen molar-refractivity contribution in [3.05, 3.63) is 95.6 Å². The lowest BCUT2D eigenvalue weighted by Crippen LogP contribution is -2.13. The summed E-state index contributed by atoms with van der Waals surface area (Å²) in [6.45, 7) is 0.371. The normalized spacial score (nSPS) is 17.6. The molecule has 1 N–H and O–H groups in total. The number of hydrogen-bond acceptors (Lipinski definition) is 3. The first-order valence-electron chi connectivity index (χ1n) is 9.45. The number of para-hydroxylation sites is 1. The molecule has 4 heteroatoms. The van der Waals surface area contributed by atoms with Crippen molar-refractivity contribution < 1.29 is 14.3 Å². The second-order valence-corrected chi connectivity index (χ2v) is 6.99. The maximum absolute atomic E-state index is 11.5. The van der Waals surface area contributed by atoms with Gasteiger partial charge in [0.15, 0.2) is 0 Å². The molecule has 2 atom stereocenters. The molecule has 2 unspecified atom stereocenters. The molecule has 0 radical (unpaired) electrons. The van der Waals surface area contributed by atoms with Gasteiger partial charge in [-0.2, -0.15) is 0 Å². The number of anilines is 1. The van der Waals surface area contributed by atoms with Crippen LogP contribution in [0.5, 0.6) is 5.75 Å². The lowest BCUT2D eigenvalue weighted by molar-refractivity contribution is 0.187. The van der Waals surface area contributed by atoms with Gasteiger partial charge in [0.2, 0.25) is 0 Å². The van der Waals surface area contributed by atoms with E-state index < -0.39 is 6.09 Å². The molecule has 1 fully saturated rings. The van der Waals surface area contributed by atoms with Crippen molar-refractivity contribution in [2.45, 2.75) is 24.9 Å². The lowest BCUT2D eigenvalue weighted by atomic mass is 10.0. The van der Waals surface area contributed by atoms with E-state index in [1.807, 2.05) is 36.4 Å². The van der Waals surface area contributed by atoms with Gasteiger partial charge >= 0.3 is 6.09 Å². The molecule has 0 aliphatic heterocycles. The SMILES string of the molecule is COC(=O)Nc1ccccc1COc1cccc(C2CC2c2ccccc2)c1. The molecule has 28 heavy (non-hydrogen) atoms. The third-order valence-corrected chi connectivity index (χ3v) is 5.14. The highest BCUT2D eigenvalue weighted by atomic mass is 16.5. The Balaban J connectivity index is 1.42. The van der Waals surface area contributed by atoms with Gasteiger partial charge in [-0.3, -0.25) is 5.32 Å². The van der Waals surface area contributed by atoms with Crippen molar-refractivity contribution in [1.82, 2.24) is 0 Å². The maximum Gasteiger partial charge on any atom is 0.411 e. The highest BCUT2D eigenvalue weighted by molar-refractivity contribution is 5.85. The van der Waals surface area contributed by atoms with Crippen LogP contribution in [0.25, 0.3) is 0 Å². The molecule has 4 rings (SSSR count). The molecule has 1 aliphatic rings. The molecular weight excluding hydrogens is 350 g/mol. The number of nitrogens with one attached hydrogen (secondary N) is 1. The van der Waals surface area contributed by atoms with Crippen molar-refractivity contribution in [2.24, 2.45) is 0 Å². The first kappa shape index (κ1) is 18.1. The molecule has 0 aromatic heterocycles. The molecule has 3 aromatic carbocycles. The Kier molecular flexibility index (Phi) is 5.29. The summed E-state index contributed by atoms with van der Waals surface area (Å²) in [7, 11) is 1.35. The second-order valence-electron chi connectivity index (χ2n) is 6.99. The lowest BCUT2D eigenvalue weighted by Gasteiger charge is -2.12. The summed E-state index contributed by atoms with van der Waals surface area (Å²) in [5.41, 5.74) is 4.30. The van der Waals surface area contributed by atoms with Gasteiger partial charge in [-0.25, -0.2) is 4.79 Å². The van der Waals surface area contributed by atoms with Crippen LogP contribution in [0, 0.1) is 0 Å². The molecule has 3 aromatic rings. The van der Waals surface area contributed by atoms with E-state index >= 15 is 0 Å². The molecule has 0 saturated heterocycles. The van der Waals surface area contributed by atoms with Crippen LogP contribution in [0.4, 0.5) is 10.5 Å². The summed E-state index contributed by atoms with van der Waals surface area (Å²) in [6, 6.07) is 26.5. The van der Waals surface area contributed by atoms with Crippen LogP contribution in [0.15, 0.2) is 78.9 Å². The van der Waals surface area contributed by atoms with Crippen LogP contribution in [0.1, 0.15) is 34.9 Å². The quantitative estimate of drug-likeness (QED) is 0.601. The topological polar surface area (TPSA) is 47.6 Å². The van der Waals surface area contributed by atoms with Gasteiger partial charge < -0.3 is 9.47 Å². The minimum Gasteiger partial charge on any atom is -0.489 e. The van der Waals surface area contributed by atoms with Gasteiger partial charge in [-0.05, 0) is 47.6 Å². The standard InChI is InChI=1S/C24H23NO3/c1-27-24(26)25-23-13-6-5-10-19(23)16-28-20-12-7-11-18(14-20)22-15-21(22)17-8-3-2-4-9-17/h2-14,21-22H,15-16H2,1H3,(H,25,26). The average Bonchev–Trinajstić information content (AvgIpc) is 3.55. The maximum atomic E-state index is 11.5. The van der Waals surface area contributed by atoms with Crippen molar-refractivity contribution in [1.29, 1.82) is 0 Å². The van der Waals surface area contributed by atoms with Crippen LogP contribution >= 0.6 is 0 Å². The number of carbonyl (C=O) groups excluding carboxylic acids is 1. The number of ether oxygens (including phenoxy) is 2. The summed E-state index contributed by atoms with van der Waals surface area (Å²) >= 11 is 0. The first-order valence-corrected chi connectivity index (χ1v) is 9.45. The molecule has 0 spiro atoms. The Morgan fingerprint density at radius 1 is 0.929 bits per heavy atom. The number of benzene rings is 3. The van der Waals surface area contributed by atoms with Crippen LogP contribution in [-0.4, -0.2) is 13.2 Å². The van der Waals surface area contributed by atoms with E-state index in [2.05, 4.69) is 52.5 Å². The molecule has 0 bridgehead atoms. The van der Waals surface area contributed by atoms with Crippen LogP contribution in [-0.2, 0) is 11.3 Å². The molecule has 0 heterocycles. The number of carbonyl (C=O) groups is 1. The zero-order chi connectivity index (χ0) is 19.3. The Morgan fingerprint density at radius 3 is 2.46 bits per heavy atom. The van der Waals surface area contributed by atoms with E-state index in [0.29, 0.717) is 24.1 Å². The van der Waals surface area contributed by atoms with E-state index in [0.717, 1.165) is 11.3 Å². The third-order valence-electron chi connectivity index (χ3n) is 5.14. The Labute approximate surface area is 165 Å².